The van der Waals surface area contributed by atoms with Crippen LogP contribution in [0.1, 0.15) is 30.4 Å². The molecular weight excluding hydrogens is 230 g/mol. The standard InChI is InChI=1S/C14H17NO3/c1-11(14-8-5-9-17-14)15-18-10-13(16)12-6-3-2-4-7-12/h2-9,11,13,15-16H,10H2,1H3/t11-,13+/m1/s1. The number of nitrogens with one attached hydrogen (secondary N) is 1. The van der Waals surface area contributed by atoms with Crippen LogP contribution < -0.4 is 5.48 Å². The molecule has 1 heterocycles. The summed E-state index contributed by atoms with van der Waals surface area (Å²) in [4.78, 5) is 5.28. The quantitative estimate of drug-likeness (QED) is 0.770. The van der Waals surface area contributed by atoms with Crippen LogP contribution in [0.15, 0.2) is 53.1 Å². The van der Waals surface area contributed by atoms with Gasteiger partial charge in [-0.3, -0.25) is 4.84 Å². The molecule has 0 saturated carbocycles. The van der Waals surface area contributed by atoms with Gasteiger partial charge < -0.3 is 9.52 Å². The molecule has 4 heteroatoms. The van der Waals surface area contributed by atoms with Crippen molar-refractivity contribution in [3.05, 3.63) is 60.1 Å². The normalized spacial score (nSPS) is 14.3. The highest BCUT2D eigenvalue weighted by Gasteiger charge is 2.10. The van der Waals surface area contributed by atoms with E-state index in [2.05, 4.69) is 5.48 Å². The number of aliphatic hydroxyl groups excluding tert-OH is 1. The van der Waals surface area contributed by atoms with Crippen molar-refractivity contribution in [2.45, 2.75) is 19.1 Å². The zero-order valence-corrected chi connectivity index (χ0v) is 10.2. The highest BCUT2D eigenvalue weighted by molar-refractivity contribution is 5.17. The van der Waals surface area contributed by atoms with E-state index in [-0.39, 0.29) is 12.6 Å². The van der Waals surface area contributed by atoms with Gasteiger partial charge in [-0.1, -0.05) is 30.3 Å². The Labute approximate surface area is 106 Å². The fourth-order valence-electron chi connectivity index (χ4n) is 1.62. The highest BCUT2D eigenvalue weighted by Crippen LogP contribution is 2.14. The molecule has 0 spiro atoms. The Kier molecular flexibility index (Phi) is 4.52. The summed E-state index contributed by atoms with van der Waals surface area (Å²) in [6.45, 7) is 2.11. The van der Waals surface area contributed by atoms with Crippen molar-refractivity contribution in [1.82, 2.24) is 5.48 Å². The summed E-state index contributed by atoms with van der Waals surface area (Å²) in [7, 11) is 0. The maximum atomic E-state index is 9.88. The monoisotopic (exact) mass is 247 g/mol. The number of hydrogen-bond acceptors (Lipinski definition) is 4. The van der Waals surface area contributed by atoms with E-state index >= 15 is 0 Å². The number of rotatable bonds is 6. The van der Waals surface area contributed by atoms with Gasteiger partial charge in [0, 0.05) is 0 Å². The Hall–Kier alpha value is -1.62. The lowest BCUT2D eigenvalue weighted by molar-refractivity contribution is -0.0367. The molecule has 0 amide bonds. The minimum Gasteiger partial charge on any atom is -0.468 e. The predicted octanol–water partition coefficient (Wildman–Crippen LogP) is 2.60. The summed E-state index contributed by atoms with van der Waals surface area (Å²) in [5, 5.41) is 9.88. The first-order valence-corrected chi connectivity index (χ1v) is 5.91. The molecular formula is C14H17NO3. The van der Waals surface area contributed by atoms with E-state index in [0.29, 0.717) is 0 Å². The second-order valence-electron chi connectivity index (χ2n) is 4.09. The van der Waals surface area contributed by atoms with Crippen molar-refractivity contribution in [2.24, 2.45) is 0 Å². The Morgan fingerprint density at radius 1 is 1.22 bits per heavy atom. The van der Waals surface area contributed by atoms with Gasteiger partial charge in [-0.15, -0.1) is 0 Å². The Bertz CT molecular complexity index is 441. The molecule has 96 valence electrons. The summed E-state index contributed by atoms with van der Waals surface area (Å²) in [5.74, 6) is 0.796. The first-order chi connectivity index (χ1) is 8.77. The molecule has 2 rings (SSSR count). The molecule has 0 bridgehead atoms. The molecule has 0 radical (unpaired) electrons. The van der Waals surface area contributed by atoms with Gasteiger partial charge in [0.2, 0.25) is 0 Å². The molecule has 0 aliphatic rings. The Morgan fingerprint density at radius 3 is 2.67 bits per heavy atom. The van der Waals surface area contributed by atoms with Crippen molar-refractivity contribution < 1.29 is 14.4 Å². The fraction of sp³-hybridized carbons (Fsp3) is 0.286. The molecule has 1 aromatic heterocycles. The minimum atomic E-state index is -0.637. The molecule has 4 nitrogen and oxygen atoms in total. The molecule has 2 atom stereocenters. The molecule has 0 aliphatic carbocycles. The van der Waals surface area contributed by atoms with Gasteiger partial charge >= 0.3 is 0 Å². The van der Waals surface area contributed by atoms with Gasteiger partial charge in [0.15, 0.2) is 0 Å². The lowest BCUT2D eigenvalue weighted by atomic mass is 10.1. The predicted molar refractivity (Wildman–Crippen MR) is 67.6 cm³/mol. The smallest absolute Gasteiger partial charge is 0.122 e. The van der Waals surface area contributed by atoms with Gasteiger partial charge in [-0.25, -0.2) is 0 Å². The van der Waals surface area contributed by atoms with Crippen LogP contribution >= 0.6 is 0 Å². The highest BCUT2D eigenvalue weighted by atomic mass is 16.7. The van der Waals surface area contributed by atoms with E-state index < -0.39 is 6.10 Å². The molecule has 2 N–H and O–H groups in total. The van der Waals surface area contributed by atoms with Gasteiger partial charge in [0.25, 0.3) is 0 Å². The van der Waals surface area contributed by atoms with Crippen molar-refractivity contribution in [3.63, 3.8) is 0 Å². The van der Waals surface area contributed by atoms with Crippen molar-refractivity contribution in [1.29, 1.82) is 0 Å². The summed E-state index contributed by atoms with van der Waals surface area (Å²) in [5.41, 5.74) is 3.67. The fourth-order valence-corrected chi connectivity index (χ4v) is 1.62. The second-order valence-corrected chi connectivity index (χ2v) is 4.09. The summed E-state index contributed by atoms with van der Waals surface area (Å²) in [6.07, 6.45) is 0.981. The van der Waals surface area contributed by atoms with Crippen molar-refractivity contribution in [2.75, 3.05) is 6.61 Å². The van der Waals surface area contributed by atoms with Crippen LogP contribution in [0.4, 0.5) is 0 Å². The lowest BCUT2D eigenvalue weighted by Gasteiger charge is -2.14. The second kappa shape index (κ2) is 6.35. The first kappa shape index (κ1) is 12.8. The van der Waals surface area contributed by atoms with Crippen LogP contribution in [0, 0.1) is 0 Å². The number of benzene rings is 1. The van der Waals surface area contributed by atoms with E-state index in [9.17, 15) is 5.11 Å². The molecule has 18 heavy (non-hydrogen) atoms. The van der Waals surface area contributed by atoms with Gasteiger partial charge in [0.1, 0.15) is 11.9 Å². The molecule has 2 aromatic rings. The maximum absolute atomic E-state index is 9.88. The van der Waals surface area contributed by atoms with Crippen LogP contribution in [-0.4, -0.2) is 11.7 Å². The molecule has 0 aliphatic heterocycles. The molecule has 0 fully saturated rings. The van der Waals surface area contributed by atoms with E-state index in [0.717, 1.165) is 11.3 Å². The summed E-state index contributed by atoms with van der Waals surface area (Å²) < 4.78 is 5.23. The topological polar surface area (TPSA) is 54.6 Å². The van der Waals surface area contributed by atoms with Crippen LogP contribution in [0.5, 0.6) is 0 Å². The Balaban J connectivity index is 1.76. The van der Waals surface area contributed by atoms with E-state index in [1.54, 1.807) is 6.26 Å². The van der Waals surface area contributed by atoms with Crippen molar-refractivity contribution >= 4 is 0 Å². The number of hydroxylamine groups is 1. The van der Waals surface area contributed by atoms with Gasteiger partial charge in [-0.2, -0.15) is 5.48 Å². The molecule has 0 saturated heterocycles. The van der Waals surface area contributed by atoms with Gasteiger partial charge in [-0.05, 0) is 24.6 Å². The van der Waals surface area contributed by atoms with E-state index in [1.165, 1.54) is 0 Å². The van der Waals surface area contributed by atoms with E-state index in [1.807, 2.05) is 49.4 Å². The molecule has 0 unspecified atom stereocenters. The average molecular weight is 247 g/mol. The first-order valence-electron chi connectivity index (χ1n) is 5.91. The van der Waals surface area contributed by atoms with Crippen LogP contribution in [0.2, 0.25) is 0 Å². The minimum absolute atomic E-state index is 0.0528. The summed E-state index contributed by atoms with van der Waals surface area (Å²) >= 11 is 0. The lowest BCUT2D eigenvalue weighted by Crippen LogP contribution is -2.22. The number of aliphatic hydroxyl groups is 1. The third-order valence-electron chi connectivity index (χ3n) is 2.66. The number of furan rings is 1. The van der Waals surface area contributed by atoms with Crippen molar-refractivity contribution in [3.8, 4) is 0 Å². The average Bonchev–Trinajstić information content (AvgIpc) is 2.93. The third-order valence-corrected chi connectivity index (χ3v) is 2.66. The Morgan fingerprint density at radius 2 is 2.00 bits per heavy atom. The largest absolute Gasteiger partial charge is 0.468 e. The van der Waals surface area contributed by atoms with Crippen LogP contribution in [0.3, 0.4) is 0 Å². The van der Waals surface area contributed by atoms with Gasteiger partial charge in [0.05, 0.1) is 18.9 Å². The zero-order chi connectivity index (χ0) is 12.8. The maximum Gasteiger partial charge on any atom is 0.122 e. The number of hydrogen-bond donors (Lipinski definition) is 2. The summed E-state index contributed by atoms with van der Waals surface area (Å²) in [6, 6.07) is 13.1. The zero-order valence-electron chi connectivity index (χ0n) is 10.2. The third kappa shape index (κ3) is 3.43. The SMILES string of the molecule is C[C@@H](NOC[C@H](O)c1ccccc1)c1ccco1. The van der Waals surface area contributed by atoms with Crippen LogP contribution in [-0.2, 0) is 4.84 Å². The van der Waals surface area contributed by atoms with Crippen LogP contribution in [0.25, 0.3) is 0 Å². The van der Waals surface area contributed by atoms with E-state index in [4.69, 9.17) is 9.25 Å². The molecule has 1 aromatic carbocycles.